The van der Waals surface area contributed by atoms with Gasteiger partial charge in [0.1, 0.15) is 92.2 Å². The number of nitrogens with zero attached hydrogens (tertiary/aromatic N) is 4. The number of benzene rings is 12. The van der Waals surface area contributed by atoms with Crippen molar-refractivity contribution in [3.05, 3.63) is 407 Å². The Labute approximate surface area is 757 Å². The third-order valence-corrected chi connectivity index (χ3v) is 25.0. The summed E-state index contributed by atoms with van der Waals surface area (Å²) >= 11 is 0. The summed E-state index contributed by atoms with van der Waals surface area (Å²) in [6, 6.07) is 64.5. The first-order chi connectivity index (χ1) is 63.3. The van der Waals surface area contributed by atoms with Crippen molar-refractivity contribution in [1.29, 1.82) is 0 Å². The number of halogens is 12. The van der Waals surface area contributed by atoms with E-state index >= 15 is 0 Å². The van der Waals surface area contributed by atoms with Gasteiger partial charge >= 0.3 is 24.4 Å². The summed E-state index contributed by atoms with van der Waals surface area (Å²) < 4.78 is 186. The lowest BCUT2D eigenvalue weighted by Gasteiger charge is -2.43. The van der Waals surface area contributed by atoms with E-state index in [1.807, 2.05) is 52.0 Å². The van der Waals surface area contributed by atoms with Gasteiger partial charge in [-0.25, -0.2) is 71.9 Å². The molecule has 0 bridgehead atoms. The van der Waals surface area contributed by atoms with Crippen LogP contribution in [0.3, 0.4) is 0 Å². The van der Waals surface area contributed by atoms with Gasteiger partial charge < -0.3 is 48.8 Å². The maximum Gasteiger partial charge on any atom is 0.411 e. The zero-order chi connectivity index (χ0) is 94.3. The second-order valence-corrected chi connectivity index (χ2v) is 32.9. The number of carbonyl (C=O) groups is 4. The van der Waals surface area contributed by atoms with E-state index < -0.39 is 93.3 Å². The van der Waals surface area contributed by atoms with E-state index in [1.54, 1.807) is 153 Å². The highest BCUT2D eigenvalue weighted by atomic mass is 19.2. The SMILES string of the molecule is C=CC[C@@]1(c2ccc(F)cc2)CCN([C@@H](C)c2ccc(-c3ccc(F)cc3F)cc2)C(=O)O1.C=CC[C@]1(c2ccc(F)cc2)CCN([C@@H](C)c2ccc(-c3ccc(F)cc3F)cc2)C(=O)O1.C[C@@H](c1ccc(-c2ccc(F)cc2F)cc1)N1CC[C@@](CCO)(c2ccc(F)cc2)OC1=O.C[C@@H](c1ccc(-c2ccc(F)cc2F)cc1)N1CC[C@](CCO)(c2ccc(F)cc2)OC1=O. The monoisotopic (exact) mass is 1810 g/mol. The number of aliphatic hydroxyl groups excluding tert-OH is 2. The number of rotatable bonds is 24. The topological polar surface area (TPSA) is 159 Å². The largest absolute Gasteiger partial charge is 0.438 e. The molecule has 14 nitrogen and oxygen atoms in total. The lowest BCUT2D eigenvalue weighted by atomic mass is 9.85. The van der Waals surface area contributed by atoms with Crippen LogP contribution in [0.25, 0.3) is 44.5 Å². The first-order valence-electron chi connectivity index (χ1n) is 43.0. The van der Waals surface area contributed by atoms with Crippen molar-refractivity contribution in [2.75, 3.05) is 39.4 Å². The molecular weight excluding hydrogens is 1720 g/mol. The average Bonchev–Trinajstić information content (AvgIpc) is 0.781. The Bertz CT molecular complexity index is 5700. The molecule has 132 heavy (non-hydrogen) atoms. The van der Waals surface area contributed by atoms with Crippen LogP contribution in [-0.2, 0) is 41.4 Å². The third-order valence-electron chi connectivity index (χ3n) is 25.0. The van der Waals surface area contributed by atoms with Crippen LogP contribution in [0.1, 0.15) is 148 Å². The Morgan fingerprint density at radius 2 is 0.477 bits per heavy atom. The van der Waals surface area contributed by atoms with E-state index in [-0.39, 0.29) is 73.5 Å². The number of hydrogen-bond acceptors (Lipinski definition) is 10. The molecule has 0 spiro atoms. The van der Waals surface area contributed by atoms with E-state index in [0.717, 1.165) is 57.6 Å². The Kier molecular flexibility index (Phi) is 30.5. The molecule has 0 aromatic heterocycles. The van der Waals surface area contributed by atoms with Crippen molar-refractivity contribution in [2.24, 2.45) is 0 Å². The highest BCUT2D eigenvalue weighted by molar-refractivity contribution is 5.74. The van der Waals surface area contributed by atoms with E-state index in [1.165, 1.54) is 97.1 Å². The molecule has 4 fully saturated rings. The minimum Gasteiger partial charge on any atom is -0.438 e. The van der Waals surface area contributed by atoms with Gasteiger partial charge in [0, 0.05) is 137 Å². The molecule has 12 aromatic rings. The molecule has 4 saturated heterocycles. The maximum absolute atomic E-state index is 14.1. The number of carbonyl (C=O) groups excluding carboxylic acids is 4. The molecular formula is C106H96F12N4O10. The van der Waals surface area contributed by atoms with Crippen LogP contribution >= 0.6 is 0 Å². The number of cyclic esters (lactones) is 4. The van der Waals surface area contributed by atoms with Gasteiger partial charge in [-0.2, -0.15) is 0 Å². The average molecular weight is 1810 g/mol. The van der Waals surface area contributed by atoms with Crippen LogP contribution in [0.2, 0.25) is 0 Å². The smallest absolute Gasteiger partial charge is 0.411 e. The fourth-order valence-corrected chi connectivity index (χ4v) is 17.3. The van der Waals surface area contributed by atoms with Gasteiger partial charge in [0.25, 0.3) is 0 Å². The summed E-state index contributed by atoms with van der Waals surface area (Å²) in [5.41, 5.74) is 5.96. The minimum atomic E-state index is -1.01. The summed E-state index contributed by atoms with van der Waals surface area (Å²) in [5, 5.41) is 19.1. The molecule has 0 aliphatic carbocycles. The zero-order valence-corrected chi connectivity index (χ0v) is 72.7. The Morgan fingerprint density at radius 1 is 0.288 bits per heavy atom. The quantitative estimate of drug-likeness (QED) is 0.0339. The van der Waals surface area contributed by atoms with Crippen molar-refractivity contribution >= 4 is 24.4 Å². The van der Waals surface area contributed by atoms with Crippen LogP contribution in [0.4, 0.5) is 71.9 Å². The fourth-order valence-electron chi connectivity index (χ4n) is 17.3. The molecule has 0 saturated carbocycles. The molecule has 0 radical (unpaired) electrons. The number of hydrogen-bond donors (Lipinski definition) is 2. The number of aliphatic hydroxyl groups is 2. The summed E-state index contributed by atoms with van der Waals surface area (Å²) in [4.78, 5) is 58.4. The van der Waals surface area contributed by atoms with Gasteiger partial charge in [0.15, 0.2) is 0 Å². The van der Waals surface area contributed by atoms with Crippen molar-refractivity contribution < 1.29 is 101 Å². The van der Waals surface area contributed by atoms with Crippen LogP contribution in [-0.4, -0.2) is 93.6 Å². The van der Waals surface area contributed by atoms with Gasteiger partial charge in [0.2, 0.25) is 0 Å². The number of ether oxygens (including phenoxy) is 4. The third kappa shape index (κ3) is 21.8. The van der Waals surface area contributed by atoms with Gasteiger partial charge in [0.05, 0.1) is 24.2 Å². The van der Waals surface area contributed by atoms with Gasteiger partial charge in [-0.3, -0.25) is 0 Å². The molecule has 2 N–H and O–H groups in total. The van der Waals surface area contributed by atoms with E-state index in [9.17, 15) is 82.1 Å². The van der Waals surface area contributed by atoms with Crippen LogP contribution in [0, 0.1) is 69.8 Å². The van der Waals surface area contributed by atoms with Crippen molar-refractivity contribution in [3.8, 4) is 44.5 Å². The predicted octanol–water partition coefficient (Wildman–Crippen LogP) is 26.2. The number of amides is 4. The Morgan fingerprint density at radius 3 is 0.667 bits per heavy atom. The van der Waals surface area contributed by atoms with Gasteiger partial charge in [-0.05, 0) is 192 Å². The summed E-state index contributed by atoms with van der Waals surface area (Å²) in [5.74, 6) is -6.55. The van der Waals surface area contributed by atoms with Crippen LogP contribution in [0.15, 0.2) is 292 Å². The molecule has 12 aromatic carbocycles. The maximum atomic E-state index is 14.1. The zero-order valence-electron chi connectivity index (χ0n) is 72.7. The lowest BCUT2D eigenvalue weighted by molar-refractivity contribution is -0.0725. The molecule has 16 rings (SSSR count). The second-order valence-electron chi connectivity index (χ2n) is 32.9. The molecule has 4 aliphatic heterocycles. The predicted molar refractivity (Wildman–Crippen MR) is 477 cm³/mol. The van der Waals surface area contributed by atoms with Crippen molar-refractivity contribution in [2.45, 2.75) is 126 Å². The first-order valence-corrected chi connectivity index (χ1v) is 43.0. The van der Waals surface area contributed by atoms with E-state index in [0.29, 0.717) is 120 Å². The normalized spacial score (nSPS) is 19.2. The van der Waals surface area contributed by atoms with Crippen LogP contribution in [0.5, 0.6) is 0 Å². The lowest BCUT2D eigenvalue weighted by Crippen LogP contribution is -2.49. The molecule has 4 amide bonds. The van der Waals surface area contributed by atoms with Gasteiger partial charge in [-0.15, -0.1) is 13.2 Å². The molecule has 4 heterocycles. The van der Waals surface area contributed by atoms with E-state index in [4.69, 9.17) is 18.9 Å². The second kappa shape index (κ2) is 42.0. The summed E-state index contributed by atoms with van der Waals surface area (Å²) in [6.07, 6.45) is 4.61. The Balaban J connectivity index is 0.000000150. The highest BCUT2D eigenvalue weighted by Gasteiger charge is 2.48. The summed E-state index contributed by atoms with van der Waals surface area (Å²) in [6.45, 7) is 16.4. The Hall–Kier alpha value is -13.7. The van der Waals surface area contributed by atoms with Crippen LogP contribution < -0.4 is 0 Å². The molecule has 26 heteroatoms. The summed E-state index contributed by atoms with van der Waals surface area (Å²) in [7, 11) is 0. The van der Waals surface area contributed by atoms with Crippen molar-refractivity contribution in [1.82, 2.24) is 19.6 Å². The van der Waals surface area contributed by atoms with Crippen molar-refractivity contribution in [3.63, 3.8) is 0 Å². The highest BCUT2D eigenvalue weighted by Crippen LogP contribution is 2.46. The van der Waals surface area contributed by atoms with E-state index in [2.05, 4.69) is 13.2 Å². The standard InChI is InChI=1S/2C27H24F3NO2.2C26H24F3NO3/c2*1-3-14-27(21-8-10-22(28)11-9-21)15-16-31(26(32)33-27)18(2)19-4-6-20(7-5-19)24-13-12-23(29)17-25(24)30;2*1-17(18-2-4-19(5-3-18)23-11-10-22(28)16-24(23)29)30-14-12-26(13-15-31,33-25(30)32)20-6-8-21(27)9-7-20/h2*3-13,17-18H,1,14-16H2,2H3;2*2-11,16-17,31H,12-15H2,1H3/t18-,27+;18-,27-;17-,26+;17-,26-/m0000/s1. The molecule has 8 atom stereocenters. The molecule has 4 aliphatic rings. The fraction of sp³-hybridized carbons (Fsp3) is 0.245. The van der Waals surface area contributed by atoms with Gasteiger partial charge in [-0.1, -0.05) is 158 Å². The first kappa shape index (κ1) is 95.9. The molecule has 0 unspecified atom stereocenters. The minimum absolute atomic E-state index is 0.179. The molecule has 684 valence electrons.